The van der Waals surface area contributed by atoms with Gasteiger partial charge in [0.25, 0.3) is 0 Å². The lowest BCUT2D eigenvalue weighted by atomic mass is 10.1. The molecule has 0 aliphatic heterocycles. The lowest BCUT2D eigenvalue weighted by molar-refractivity contribution is 0.202. The Balaban J connectivity index is 2.20. The Bertz CT molecular complexity index is 421. The van der Waals surface area contributed by atoms with Crippen LogP contribution in [0.5, 0.6) is 0 Å². The summed E-state index contributed by atoms with van der Waals surface area (Å²) >= 11 is 7.22. The Kier molecular flexibility index (Phi) is 5.72. The first-order valence-electron chi connectivity index (χ1n) is 6.77. The fourth-order valence-corrected chi connectivity index (χ4v) is 3.44. The smallest absolute Gasteiger partial charge is 0.0637 e. The van der Waals surface area contributed by atoms with Gasteiger partial charge in [0.05, 0.1) is 12.3 Å². The van der Waals surface area contributed by atoms with Crippen molar-refractivity contribution in [2.75, 3.05) is 25.2 Å². The van der Waals surface area contributed by atoms with Gasteiger partial charge in [0, 0.05) is 29.5 Å². The second-order valence-electron chi connectivity index (χ2n) is 5.18. The minimum atomic E-state index is 0.585. The molecule has 1 saturated carbocycles. The fraction of sp³-hybridized carbons (Fsp3) is 0.600. The molecule has 0 bridgehead atoms. The summed E-state index contributed by atoms with van der Waals surface area (Å²) in [5.74, 6) is 0.847. The molecule has 0 heterocycles. The first-order chi connectivity index (χ1) is 9.17. The molecule has 1 aliphatic carbocycles. The molecule has 1 aromatic carbocycles. The van der Waals surface area contributed by atoms with E-state index in [0.29, 0.717) is 6.04 Å². The standard InChI is InChI=1S/C15H21Br2NO/c1-11(13-4-5-13)18(7-8-19-2)15-6-3-12(10-16)9-14(15)17/h3,6,9,11,13H,4-5,7-8,10H2,1-2H3. The largest absolute Gasteiger partial charge is 0.383 e. The predicted octanol–water partition coefficient (Wildman–Crippen LogP) is 4.60. The number of nitrogens with zero attached hydrogens (tertiary/aromatic N) is 1. The van der Waals surface area contributed by atoms with Crippen LogP contribution in [0.4, 0.5) is 5.69 Å². The lowest BCUT2D eigenvalue weighted by Gasteiger charge is -2.32. The van der Waals surface area contributed by atoms with Crippen LogP contribution in [-0.4, -0.2) is 26.3 Å². The number of alkyl halides is 1. The molecule has 0 aromatic heterocycles. The topological polar surface area (TPSA) is 12.5 Å². The number of halogens is 2. The van der Waals surface area contributed by atoms with E-state index in [4.69, 9.17) is 4.74 Å². The Hall–Kier alpha value is -0.0600. The van der Waals surface area contributed by atoms with Gasteiger partial charge in [0.2, 0.25) is 0 Å². The van der Waals surface area contributed by atoms with E-state index in [0.717, 1.165) is 24.4 Å². The van der Waals surface area contributed by atoms with Gasteiger partial charge < -0.3 is 9.64 Å². The van der Waals surface area contributed by atoms with Gasteiger partial charge in [-0.15, -0.1) is 0 Å². The maximum Gasteiger partial charge on any atom is 0.0637 e. The molecular formula is C15H21Br2NO. The summed E-state index contributed by atoms with van der Waals surface area (Å²) in [5.41, 5.74) is 2.57. The first kappa shape index (κ1) is 15.3. The molecule has 1 atom stereocenters. The third kappa shape index (κ3) is 3.96. The maximum atomic E-state index is 5.26. The number of ether oxygens (including phenoxy) is 1. The normalized spacial score (nSPS) is 16.4. The summed E-state index contributed by atoms with van der Waals surface area (Å²) in [6.45, 7) is 4.04. The molecule has 106 valence electrons. The van der Waals surface area contributed by atoms with E-state index in [2.05, 4.69) is 61.9 Å². The van der Waals surface area contributed by atoms with Crippen LogP contribution in [-0.2, 0) is 10.1 Å². The van der Waals surface area contributed by atoms with Gasteiger partial charge in [-0.1, -0.05) is 22.0 Å². The Morgan fingerprint density at radius 1 is 1.42 bits per heavy atom. The highest BCUT2D eigenvalue weighted by molar-refractivity contribution is 9.10. The molecule has 1 fully saturated rings. The number of rotatable bonds is 7. The van der Waals surface area contributed by atoms with Gasteiger partial charge in [-0.05, 0) is 59.3 Å². The molecule has 1 aromatic rings. The highest BCUT2D eigenvalue weighted by Crippen LogP contribution is 2.39. The Labute approximate surface area is 132 Å². The zero-order valence-corrected chi connectivity index (χ0v) is 14.7. The van der Waals surface area contributed by atoms with Crippen LogP contribution in [0.3, 0.4) is 0 Å². The molecule has 2 rings (SSSR count). The third-order valence-corrected chi connectivity index (χ3v) is 5.09. The molecule has 1 unspecified atom stereocenters. The lowest BCUT2D eigenvalue weighted by Crippen LogP contribution is -2.37. The SMILES string of the molecule is COCCN(c1ccc(CBr)cc1Br)C(C)C1CC1. The van der Waals surface area contributed by atoms with Crippen molar-refractivity contribution in [2.24, 2.45) is 5.92 Å². The molecule has 19 heavy (non-hydrogen) atoms. The third-order valence-electron chi connectivity index (χ3n) is 3.81. The molecule has 0 amide bonds. The second kappa shape index (κ2) is 7.09. The van der Waals surface area contributed by atoms with E-state index in [1.54, 1.807) is 7.11 Å². The van der Waals surface area contributed by atoms with Crippen LogP contribution in [0.2, 0.25) is 0 Å². The summed E-state index contributed by atoms with van der Waals surface area (Å²) in [6, 6.07) is 7.19. The molecule has 0 N–H and O–H groups in total. The van der Waals surface area contributed by atoms with E-state index in [1.807, 2.05) is 0 Å². The number of hydrogen-bond acceptors (Lipinski definition) is 2. The minimum Gasteiger partial charge on any atom is -0.383 e. The predicted molar refractivity (Wildman–Crippen MR) is 88.2 cm³/mol. The van der Waals surface area contributed by atoms with Gasteiger partial charge in [0.1, 0.15) is 0 Å². The van der Waals surface area contributed by atoms with Crippen molar-refractivity contribution in [2.45, 2.75) is 31.1 Å². The fourth-order valence-electron chi connectivity index (χ4n) is 2.43. The van der Waals surface area contributed by atoms with Crippen molar-refractivity contribution in [3.8, 4) is 0 Å². The van der Waals surface area contributed by atoms with Gasteiger partial charge in [-0.3, -0.25) is 0 Å². The van der Waals surface area contributed by atoms with Crippen molar-refractivity contribution in [1.82, 2.24) is 0 Å². The van der Waals surface area contributed by atoms with E-state index in [-0.39, 0.29) is 0 Å². The molecule has 0 radical (unpaired) electrons. The monoisotopic (exact) mass is 389 g/mol. The number of anilines is 1. The Morgan fingerprint density at radius 3 is 2.68 bits per heavy atom. The van der Waals surface area contributed by atoms with Gasteiger partial charge in [-0.2, -0.15) is 0 Å². The quantitative estimate of drug-likeness (QED) is 0.631. The molecule has 1 aliphatic rings. The number of benzene rings is 1. The van der Waals surface area contributed by atoms with Crippen molar-refractivity contribution in [3.05, 3.63) is 28.2 Å². The van der Waals surface area contributed by atoms with Crippen molar-refractivity contribution in [3.63, 3.8) is 0 Å². The molecule has 0 saturated heterocycles. The molecule has 2 nitrogen and oxygen atoms in total. The van der Waals surface area contributed by atoms with Crippen LogP contribution < -0.4 is 4.90 Å². The summed E-state index contributed by atoms with van der Waals surface area (Å²) in [7, 11) is 1.77. The van der Waals surface area contributed by atoms with Crippen LogP contribution in [0.25, 0.3) is 0 Å². The van der Waals surface area contributed by atoms with Crippen molar-refractivity contribution >= 4 is 37.5 Å². The van der Waals surface area contributed by atoms with Gasteiger partial charge in [0.15, 0.2) is 0 Å². The van der Waals surface area contributed by atoms with Crippen molar-refractivity contribution < 1.29 is 4.74 Å². The summed E-state index contributed by atoms with van der Waals surface area (Å²) < 4.78 is 6.44. The average Bonchev–Trinajstić information content (AvgIpc) is 3.24. The van der Waals surface area contributed by atoms with Gasteiger partial charge >= 0.3 is 0 Å². The summed E-state index contributed by atoms with van der Waals surface area (Å²) in [6.07, 6.45) is 2.73. The number of methoxy groups -OCH3 is 1. The van der Waals surface area contributed by atoms with Crippen LogP contribution >= 0.6 is 31.9 Å². The van der Waals surface area contributed by atoms with Crippen LogP contribution in [0.15, 0.2) is 22.7 Å². The van der Waals surface area contributed by atoms with E-state index >= 15 is 0 Å². The van der Waals surface area contributed by atoms with Crippen LogP contribution in [0.1, 0.15) is 25.3 Å². The second-order valence-corrected chi connectivity index (χ2v) is 6.60. The van der Waals surface area contributed by atoms with E-state index < -0.39 is 0 Å². The Morgan fingerprint density at radius 2 is 2.16 bits per heavy atom. The molecule has 4 heteroatoms. The van der Waals surface area contributed by atoms with Gasteiger partial charge in [-0.25, -0.2) is 0 Å². The average molecular weight is 391 g/mol. The van der Waals surface area contributed by atoms with E-state index in [9.17, 15) is 0 Å². The molecule has 0 spiro atoms. The minimum absolute atomic E-state index is 0.585. The zero-order valence-electron chi connectivity index (χ0n) is 11.5. The highest BCUT2D eigenvalue weighted by Gasteiger charge is 2.32. The van der Waals surface area contributed by atoms with Crippen LogP contribution in [0, 0.1) is 5.92 Å². The van der Waals surface area contributed by atoms with E-state index in [1.165, 1.54) is 28.6 Å². The maximum absolute atomic E-state index is 5.26. The molecular weight excluding hydrogens is 370 g/mol. The highest BCUT2D eigenvalue weighted by atomic mass is 79.9. The summed E-state index contributed by atoms with van der Waals surface area (Å²) in [4.78, 5) is 2.48. The number of hydrogen-bond donors (Lipinski definition) is 0. The zero-order chi connectivity index (χ0) is 13.8. The summed E-state index contributed by atoms with van der Waals surface area (Å²) in [5, 5.41) is 0.891. The van der Waals surface area contributed by atoms with Crippen molar-refractivity contribution in [1.29, 1.82) is 0 Å². The first-order valence-corrected chi connectivity index (χ1v) is 8.68.